The van der Waals surface area contributed by atoms with Crippen molar-refractivity contribution in [3.8, 4) is 22.1 Å². The molecule has 178 valence electrons. The minimum Gasteiger partial charge on any atom is -0.437 e. The lowest BCUT2D eigenvalue weighted by Gasteiger charge is -2.10. The minimum atomic E-state index is -4.09. The van der Waals surface area contributed by atoms with Gasteiger partial charge in [0.25, 0.3) is 11.5 Å². The zero-order valence-electron chi connectivity index (χ0n) is 18.3. The normalized spacial score (nSPS) is 11.7. The number of amides is 1. The lowest BCUT2D eigenvalue weighted by Crippen LogP contribution is -2.23. The maximum Gasteiger partial charge on any atom is 0.274 e. The molecule has 0 spiro atoms. The SMILES string of the molecule is CCNC(=O)c1cc2c(-c3sc(S(N)(=O)=O)cc3Oc3ncc(F)cc3C)cn(C)c(=O)c2[nH]1. The van der Waals surface area contributed by atoms with Gasteiger partial charge in [0.2, 0.25) is 15.9 Å². The molecule has 4 N–H and O–H groups in total. The van der Waals surface area contributed by atoms with E-state index < -0.39 is 21.7 Å². The molecule has 0 saturated carbocycles. The molecule has 0 aliphatic rings. The Balaban J connectivity index is 1.97. The number of hydrogen-bond acceptors (Lipinski definition) is 7. The second kappa shape index (κ2) is 8.66. The zero-order chi connectivity index (χ0) is 24.8. The third-order valence-corrected chi connectivity index (χ3v) is 7.52. The number of carbonyl (C=O) groups excluding carboxylic acids is 1. The third-order valence-electron chi connectivity index (χ3n) is 4.95. The second-order valence-corrected chi connectivity index (χ2v) is 10.3. The fourth-order valence-electron chi connectivity index (χ4n) is 3.39. The van der Waals surface area contributed by atoms with Crippen LogP contribution in [0.1, 0.15) is 23.0 Å². The summed E-state index contributed by atoms with van der Waals surface area (Å²) in [5.41, 5.74) is 0.770. The van der Waals surface area contributed by atoms with Crippen molar-refractivity contribution in [1.82, 2.24) is 19.9 Å². The molecule has 0 bridgehead atoms. The van der Waals surface area contributed by atoms with Crippen LogP contribution in [0.5, 0.6) is 11.6 Å². The van der Waals surface area contributed by atoms with E-state index in [-0.39, 0.29) is 32.6 Å². The van der Waals surface area contributed by atoms with E-state index in [0.29, 0.717) is 27.9 Å². The summed E-state index contributed by atoms with van der Waals surface area (Å²) in [5.74, 6) is -0.784. The van der Waals surface area contributed by atoms with Crippen molar-refractivity contribution in [2.24, 2.45) is 12.2 Å². The molecule has 0 aliphatic heterocycles. The van der Waals surface area contributed by atoms with Gasteiger partial charge in [0, 0.05) is 42.4 Å². The summed E-state index contributed by atoms with van der Waals surface area (Å²) in [5, 5.41) is 8.40. The van der Waals surface area contributed by atoms with E-state index in [1.807, 2.05) is 0 Å². The highest BCUT2D eigenvalue weighted by molar-refractivity contribution is 7.91. The van der Waals surface area contributed by atoms with Crippen LogP contribution in [0.15, 0.2) is 39.6 Å². The smallest absolute Gasteiger partial charge is 0.274 e. The summed E-state index contributed by atoms with van der Waals surface area (Å²) in [6.45, 7) is 3.75. The number of hydrogen-bond donors (Lipinski definition) is 3. The van der Waals surface area contributed by atoms with E-state index in [1.54, 1.807) is 13.8 Å². The number of ether oxygens (including phenoxy) is 1. The molecular weight excluding hydrogens is 485 g/mol. The summed E-state index contributed by atoms with van der Waals surface area (Å²) >= 11 is 0.835. The monoisotopic (exact) mass is 505 g/mol. The highest BCUT2D eigenvalue weighted by atomic mass is 32.2. The number of nitrogens with zero attached hydrogens (tertiary/aromatic N) is 2. The van der Waals surface area contributed by atoms with Crippen LogP contribution in [0.2, 0.25) is 0 Å². The highest BCUT2D eigenvalue weighted by Crippen LogP contribution is 2.44. The quantitative estimate of drug-likeness (QED) is 0.367. The van der Waals surface area contributed by atoms with Crippen LogP contribution in [-0.2, 0) is 17.1 Å². The first-order chi connectivity index (χ1) is 16.0. The molecular formula is C21H20FN5O5S2. The summed E-state index contributed by atoms with van der Waals surface area (Å²) in [6.07, 6.45) is 2.49. The van der Waals surface area contributed by atoms with Crippen LogP contribution in [0, 0.1) is 12.7 Å². The number of sulfonamides is 1. The number of H-pyrrole nitrogens is 1. The zero-order valence-corrected chi connectivity index (χ0v) is 19.9. The van der Waals surface area contributed by atoms with E-state index in [4.69, 9.17) is 9.88 Å². The van der Waals surface area contributed by atoms with Gasteiger partial charge in [-0.25, -0.2) is 22.9 Å². The molecule has 0 unspecified atom stereocenters. The lowest BCUT2D eigenvalue weighted by atomic mass is 10.1. The number of nitrogens with two attached hydrogens (primary N) is 1. The van der Waals surface area contributed by atoms with Gasteiger partial charge in [-0.15, -0.1) is 11.3 Å². The van der Waals surface area contributed by atoms with Crippen molar-refractivity contribution in [2.45, 2.75) is 18.1 Å². The van der Waals surface area contributed by atoms with E-state index in [1.165, 1.54) is 36.0 Å². The predicted molar refractivity (Wildman–Crippen MR) is 125 cm³/mol. The first-order valence-electron chi connectivity index (χ1n) is 9.97. The average molecular weight is 506 g/mol. The van der Waals surface area contributed by atoms with Crippen molar-refractivity contribution < 1.29 is 22.3 Å². The van der Waals surface area contributed by atoms with Gasteiger partial charge in [-0.2, -0.15) is 0 Å². The Bertz CT molecular complexity index is 1600. The van der Waals surface area contributed by atoms with Crippen LogP contribution in [0.25, 0.3) is 21.3 Å². The predicted octanol–water partition coefficient (Wildman–Crippen LogP) is 2.63. The number of thiophene rings is 1. The number of aromatic amines is 1. The van der Waals surface area contributed by atoms with Gasteiger partial charge in [-0.3, -0.25) is 9.59 Å². The van der Waals surface area contributed by atoms with Gasteiger partial charge in [0.15, 0.2) is 0 Å². The highest BCUT2D eigenvalue weighted by Gasteiger charge is 2.24. The number of carbonyl (C=O) groups is 1. The van der Waals surface area contributed by atoms with Gasteiger partial charge >= 0.3 is 0 Å². The van der Waals surface area contributed by atoms with E-state index >= 15 is 0 Å². The third kappa shape index (κ3) is 4.32. The van der Waals surface area contributed by atoms with Gasteiger partial charge in [-0.05, 0) is 26.0 Å². The molecule has 0 aromatic carbocycles. The summed E-state index contributed by atoms with van der Waals surface area (Å²) in [7, 11) is -2.57. The van der Waals surface area contributed by atoms with Crippen molar-refractivity contribution in [3.05, 3.63) is 58.0 Å². The fraction of sp³-hybridized carbons (Fsp3) is 0.190. The second-order valence-electron chi connectivity index (χ2n) is 7.47. The molecule has 4 heterocycles. The summed E-state index contributed by atoms with van der Waals surface area (Å²) < 4.78 is 44.7. The summed E-state index contributed by atoms with van der Waals surface area (Å²) in [4.78, 5) is 32.2. The molecule has 10 nitrogen and oxygen atoms in total. The van der Waals surface area contributed by atoms with Crippen molar-refractivity contribution >= 4 is 38.2 Å². The van der Waals surface area contributed by atoms with Gasteiger partial charge in [0.05, 0.1) is 11.1 Å². The standard InChI is InChI=1S/C21H20FN5O5S2/c1-4-24-19(28)14-6-12-13(9-27(3)21(29)17(12)26-14)18-15(7-16(33-18)34(23,30)31)32-20-10(2)5-11(22)8-25-20/h5-9,26H,4H2,1-3H3,(H,24,28)(H2,23,30,31). The lowest BCUT2D eigenvalue weighted by molar-refractivity contribution is 0.0951. The molecule has 4 aromatic rings. The van der Waals surface area contributed by atoms with E-state index in [2.05, 4.69) is 15.3 Å². The van der Waals surface area contributed by atoms with Crippen molar-refractivity contribution in [2.75, 3.05) is 6.54 Å². The van der Waals surface area contributed by atoms with Crippen LogP contribution in [0.3, 0.4) is 0 Å². The minimum absolute atomic E-state index is 0.0690. The number of primary sulfonamides is 1. The molecule has 4 rings (SSSR count). The average Bonchev–Trinajstić information content (AvgIpc) is 3.38. The Kier molecular flexibility index (Phi) is 6.02. The van der Waals surface area contributed by atoms with Crippen LogP contribution in [-0.4, -0.2) is 35.4 Å². The largest absolute Gasteiger partial charge is 0.437 e. The Morgan fingerprint density at radius 1 is 1.35 bits per heavy atom. The Labute approximate surface area is 197 Å². The molecule has 13 heteroatoms. The number of nitrogens with one attached hydrogen (secondary N) is 2. The van der Waals surface area contributed by atoms with Crippen LogP contribution in [0.4, 0.5) is 4.39 Å². The number of pyridine rings is 2. The molecule has 0 atom stereocenters. The Hall–Kier alpha value is -3.55. The number of aromatic nitrogens is 3. The molecule has 0 radical (unpaired) electrons. The molecule has 1 amide bonds. The first kappa shape index (κ1) is 23.6. The number of halogens is 1. The van der Waals surface area contributed by atoms with Gasteiger partial charge in [-0.1, -0.05) is 0 Å². The van der Waals surface area contributed by atoms with Crippen LogP contribution < -0.4 is 20.8 Å². The van der Waals surface area contributed by atoms with Crippen LogP contribution >= 0.6 is 11.3 Å². The molecule has 0 saturated heterocycles. The Morgan fingerprint density at radius 2 is 2.09 bits per heavy atom. The van der Waals surface area contributed by atoms with E-state index in [9.17, 15) is 22.4 Å². The number of fused-ring (bicyclic) bond motifs is 1. The van der Waals surface area contributed by atoms with E-state index in [0.717, 1.165) is 17.5 Å². The molecule has 34 heavy (non-hydrogen) atoms. The maximum absolute atomic E-state index is 13.5. The number of aryl methyl sites for hydroxylation is 2. The van der Waals surface area contributed by atoms with Gasteiger partial charge < -0.3 is 19.6 Å². The topological polar surface area (TPSA) is 149 Å². The first-order valence-corrected chi connectivity index (χ1v) is 12.3. The molecule has 4 aromatic heterocycles. The fourth-order valence-corrected chi connectivity index (χ4v) is 5.22. The molecule has 0 fully saturated rings. The maximum atomic E-state index is 13.5. The van der Waals surface area contributed by atoms with Crippen molar-refractivity contribution in [3.63, 3.8) is 0 Å². The van der Waals surface area contributed by atoms with Gasteiger partial charge in [0.1, 0.15) is 27.0 Å². The van der Waals surface area contributed by atoms with Crippen molar-refractivity contribution in [1.29, 1.82) is 0 Å². The molecule has 0 aliphatic carbocycles. The Morgan fingerprint density at radius 3 is 2.74 bits per heavy atom. The summed E-state index contributed by atoms with van der Waals surface area (Å²) in [6, 6.07) is 3.98. The number of rotatable bonds is 6.